The van der Waals surface area contributed by atoms with Gasteiger partial charge in [0.25, 0.3) is 0 Å². The highest BCUT2D eigenvalue weighted by atomic mass is 16.5. The van der Waals surface area contributed by atoms with Crippen LogP contribution in [0.3, 0.4) is 0 Å². The third-order valence-electron chi connectivity index (χ3n) is 4.70. The highest BCUT2D eigenvalue weighted by Crippen LogP contribution is 2.32. The fourth-order valence-corrected chi connectivity index (χ4v) is 3.54. The average molecular weight is 292 g/mol. The highest BCUT2D eigenvalue weighted by Gasteiger charge is 2.37. The van der Waals surface area contributed by atoms with Gasteiger partial charge in [0.1, 0.15) is 5.75 Å². The number of ether oxygens (including phenoxy) is 2. The van der Waals surface area contributed by atoms with Gasteiger partial charge in [-0.3, -0.25) is 9.88 Å². The molecule has 0 unspecified atom stereocenters. The summed E-state index contributed by atoms with van der Waals surface area (Å²) in [5.41, 5.74) is 1.01. The van der Waals surface area contributed by atoms with Crippen LogP contribution in [0.5, 0.6) is 5.75 Å². The van der Waals surface area contributed by atoms with Gasteiger partial charge in [0.15, 0.2) is 0 Å². The number of aliphatic hydroxyl groups is 1. The van der Waals surface area contributed by atoms with Crippen molar-refractivity contribution < 1.29 is 14.6 Å². The Hall–Kier alpha value is -1.17. The minimum atomic E-state index is -0.183. The van der Waals surface area contributed by atoms with Gasteiger partial charge in [-0.1, -0.05) is 6.42 Å². The predicted octanol–water partition coefficient (Wildman–Crippen LogP) is 1.45. The van der Waals surface area contributed by atoms with Crippen LogP contribution in [0, 0.1) is 5.92 Å². The van der Waals surface area contributed by atoms with Crippen molar-refractivity contribution in [3.8, 4) is 5.75 Å². The maximum atomic E-state index is 10.2. The van der Waals surface area contributed by atoms with Crippen LogP contribution in [0.15, 0.2) is 18.3 Å². The third-order valence-corrected chi connectivity index (χ3v) is 4.70. The second-order valence-electron chi connectivity index (χ2n) is 5.96. The Morgan fingerprint density at radius 2 is 2.38 bits per heavy atom. The summed E-state index contributed by atoms with van der Waals surface area (Å²) in [7, 11) is 1.67. The molecular weight excluding hydrogens is 268 g/mol. The number of aromatic nitrogens is 1. The first-order valence-corrected chi connectivity index (χ1v) is 7.76. The summed E-state index contributed by atoms with van der Waals surface area (Å²) in [4.78, 5) is 6.84. The molecule has 1 aromatic heterocycles. The van der Waals surface area contributed by atoms with Crippen LogP contribution >= 0.6 is 0 Å². The SMILES string of the molecule is COc1ccnc(CN2CCOC[C@@H]2[C@H]2CCC[C@@H]2O)c1. The van der Waals surface area contributed by atoms with E-state index in [1.165, 1.54) is 0 Å². The Morgan fingerprint density at radius 3 is 3.14 bits per heavy atom. The molecule has 5 heteroatoms. The molecule has 1 saturated carbocycles. The molecule has 116 valence electrons. The number of morpholine rings is 1. The van der Waals surface area contributed by atoms with Gasteiger partial charge in [-0.15, -0.1) is 0 Å². The minimum Gasteiger partial charge on any atom is -0.497 e. The number of nitrogens with zero attached hydrogens (tertiary/aromatic N) is 2. The van der Waals surface area contributed by atoms with Crippen LogP contribution in [-0.4, -0.2) is 54.0 Å². The summed E-state index contributed by atoms with van der Waals surface area (Å²) >= 11 is 0. The lowest BCUT2D eigenvalue weighted by Gasteiger charge is -2.39. The molecule has 1 N–H and O–H groups in total. The van der Waals surface area contributed by atoms with Crippen molar-refractivity contribution in [1.82, 2.24) is 9.88 Å². The maximum absolute atomic E-state index is 10.2. The largest absolute Gasteiger partial charge is 0.497 e. The zero-order valence-electron chi connectivity index (χ0n) is 12.6. The van der Waals surface area contributed by atoms with Crippen LogP contribution in [0.1, 0.15) is 25.0 Å². The molecule has 5 nitrogen and oxygen atoms in total. The molecule has 0 bridgehead atoms. The Bertz CT molecular complexity index is 469. The predicted molar refractivity (Wildman–Crippen MR) is 79.2 cm³/mol. The lowest BCUT2D eigenvalue weighted by Crippen LogP contribution is -2.50. The maximum Gasteiger partial charge on any atom is 0.122 e. The number of methoxy groups -OCH3 is 1. The van der Waals surface area contributed by atoms with Gasteiger partial charge in [-0.25, -0.2) is 0 Å². The molecular formula is C16H24N2O3. The minimum absolute atomic E-state index is 0.183. The van der Waals surface area contributed by atoms with Gasteiger partial charge >= 0.3 is 0 Å². The summed E-state index contributed by atoms with van der Waals surface area (Å²) in [6.07, 6.45) is 4.74. The summed E-state index contributed by atoms with van der Waals surface area (Å²) in [5.74, 6) is 1.17. The van der Waals surface area contributed by atoms with Crippen molar-refractivity contribution >= 4 is 0 Å². The quantitative estimate of drug-likeness (QED) is 0.910. The molecule has 1 aliphatic carbocycles. The Balaban J connectivity index is 1.71. The molecule has 1 saturated heterocycles. The Morgan fingerprint density at radius 1 is 1.48 bits per heavy atom. The molecule has 1 aromatic rings. The van der Waals surface area contributed by atoms with Crippen molar-refractivity contribution in [3.63, 3.8) is 0 Å². The number of pyridine rings is 1. The van der Waals surface area contributed by atoms with E-state index in [2.05, 4.69) is 9.88 Å². The molecule has 0 amide bonds. The number of aliphatic hydroxyl groups excluding tert-OH is 1. The first-order chi connectivity index (χ1) is 10.3. The molecule has 2 fully saturated rings. The van der Waals surface area contributed by atoms with E-state index < -0.39 is 0 Å². The number of hydrogen-bond donors (Lipinski definition) is 1. The van der Waals surface area contributed by atoms with Crippen molar-refractivity contribution in [1.29, 1.82) is 0 Å². The summed E-state index contributed by atoms with van der Waals surface area (Å²) in [6, 6.07) is 4.14. The monoisotopic (exact) mass is 292 g/mol. The zero-order chi connectivity index (χ0) is 14.7. The van der Waals surface area contributed by atoms with Crippen LogP contribution in [0.4, 0.5) is 0 Å². The standard InChI is InChI=1S/C16H24N2O3/c1-20-13-5-6-17-12(9-13)10-18-7-8-21-11-15(18)14-3-2-4-16(14)19/h5-6,9,14-16,19H,2-4,7-8,10-11H2,1H3/t14-,15-,16+/m1/s1. The fraction of sp³-hybridized carbons (Fsp3) is 0.688. The van der Waals surface area contributed by atoms with Gasteiger partial charge in [-0.2, -0.15) is 0 Å². The molecule has 3 rings (SSSR count). The van der Waals surface area contributed by atoms with E-state index in [-0.39, 0.29) is 6.10 Å². The van der Waals surface area contributed by atoms with E-state index in [1.54, 1.807) is 13.3 Å². The molecule has 0 spiro atoms. The molecule has 2 aliphatic rings. The fourth-order valence-electron chi connectivity index (χ4n) is 3.54. The third kappa shape index (κ3) is 3.36. The Labute approximate surface area is 125 Å². The van der Waals surface area contributed by atoms with Crippen LogP contribution in [0.25, 0.3) is 0 Å². The van der Waals surface area contributed by atoms with Gasteiger partial charge in [0.05, 0.1) is 32.1 Å². The van der Waals surface area contributed by atoms with Crippen molar-refractivity contribution in [2.75, 3.05) is 26.9 Å². The van der Waals surface area contributed by atoms with Crippen molar-refractivity contribution in [2.45, 2.75) is 38.0 Å². The van der Waals surface area contributed by atoms with Crippen LogP contribution in [-0.2, 0) is 11.3 Å². The van der Waals surface area contributed by atoms with E-state index in [1.807, 2.05) is 12.1 Å². The van der Waals surface area contributed by atoms with Crippen molar-refractivity contribution in [2.24, 2.45) is 5.92 Å². The van der Waals surface area contributed by atoms with Crippen LogP contribution in [0.2, 0.25) is 0 Å². The average Bonchev–Trinajstić information content (AvgIpc) is 2.94. The van der Waals surface area contributed by atoms with E-state index in [0.717, 1.165) is 50.4 Å². The van der Waals surface area contributed by atoms with E-state index in [9.17, 15) is 5.11 Å². The second kappa shape index (κ2) is 6.73. The van der Waals surface area contributed by atoms with E-state index in [0.29, 0.717) is 18.6 Å². The van der Waals surface area contributed by atoms with E-state index in [4.69, 9.17) is 9.47 Å². The van der Waals surface area contributed by atoms with Gasteiger partial charge in [0.2, 0.25) is 0 Å². The summed E-state index contributed by atoms with van der Waals surface area (Å²) in [6.45, 7) is 3.15. The number of hydrogen-bond acceptors (Lipinski definition) is 5. The van der Waals surface area contributed by atoms with E-state index >= 15 is 0 Å². The molecule has 21 heavy (non-hydrogen) atoms. The number of rotatable bonds is 4. The van der Waals surface area contributed by atoms with Gasteiger partial charge in [-0.05, 0) is 18.9 Å². The smallest absolute Gasteiger partial charge is 0.122 e. The molecule has 2 heterocycles. The zero-order valence-corrected chi connectivity index (χ0v) is 12.6. The highest BCUT2D eigenvalue weighted by molar-refractivity contribution is 5.22. The second-order valence-corrected chi connectivity index (χ2v) is 5.96. The summed E-state index contributed by atoms with van der Waals surface area (Å²) < 4.78 is 10.9. The van der Waals surface area contributed by atoms with Crippen molar-refractivity contribution in [3.05, 3.63) is 24.0 Å². The molecule has 1 aliphatic heterocycles. The summed E-state index contributed by atoms with van der Waals surface area (Å²) in [5, 5.41) is 10.2. The lowest BCUT2D eigenvalue weighted by atomic mass is 9.94. The Kier molecular flexibility index (Phi) is 4.73. The topological polar surface area (TPSA) is 54.8 Å². The van der Waals surface area contributed by atoms with Crippen LogP contribution < -0.4 is 4.74 Å². The lowest BCUT2D eigenvalue weighted by molar-refractivity contribution is -0.0540. The van der Waals surface area contributed by atoms with Gasteiger partial charge in [0, 0.05) is 37.3 Å². The molecule has 0 radical (unpaired) electrons. The first kappa shape index (κ1) is 14.8. The molecule has 0 aromatic carbocycles. The normalized spacial score (nSPS) is 30.5. The van der Waals surface area contributed by atoms with Gasteiger partial charge < -0.3 is 14.6 Å². The first-order valence-electron chi connectivity index (χ1n) is 7.76. The molecule has 3 atom stereocenters.